The van der Waals surface area contributed by atoms with Gasteiger partial charge in [0.15, 0.2) is 12.2 Å². The van der Waals surface area contributed by atoms with Gasteiger partial charge in [-0.25, -0.2) is 0 Å². The molecule has 0 spiro atoms. The van der Waals surface area contributed by atoms with Crippen LogP contribution in [0.25, 0.3) is 0 Å². The third-order valence-electron chi connectivity index (χ3n) is 5.03. The molecule has 0 radical (unpaired) electrons. The molecule has 14 heteroatoms. The summed E-state index contributed by atoms with van der Waals surface area (Å²) in [6.45, 7) is 3.54. The van der Waals surface area contributed by atoms with Crippen molar-refractivity contribution < 1.29 is 69.0 Å². The van der Waals surface area contributed by atoms with Crippen molar-refractivity contribution in [2.24, 2.45) is 5.92 Å². The van der Waals surface area contributed by atoms with E-state index in [1.165, 1.54) is 13.8 Å². The summed E-state index contributed by atoms with van der Waals surface area (Å²) in [4.78, 5) is 23.6. The molecule has 2 saturated heterocycles. The molecule has 0 aromatic carbocycles. The smallest absolute Gasteiger partial charge is 0.308 e. The molecule has 200 valence electrons. The highest BCUT2D eigenvalue weighted by Crippen LogP contribution is 2.38. The summed E-state index contributed by atoms with van der Waals surface area (Å²) in [7, 11) is 0. The summed E-state index contributed by atoms with van der Waals surface area (Å²) in [6, 6.07) is 0. The predicted molar refractivity (Wildman–Crippen MR) is 110 cm³/mol. The van der Waals surface area contributed by atoms with Gasteiger partial charge in [0.05, 0.1) is 19.1 Å². The van der Waals surface area contributed by atoms with Crippen LogP contribution in [0, 0.1) is 5.92 Å². The van der Waals surface area contributed by atoms with Crippen molar-refractivity contribution in [2.45, 2.75) is 82.5 Å². The van der Waals surface area contributed by atoms with Crippen molar-refractivity contribution in [3.63, 3.8) is 0 Å². The number of aliphatic hydroxyl groups excluding tert-OH is 7. The molecule has 9 atom stereocenters. The Morgan fingerprint density at radius 2 is 1.50 bits per heavy atom. The van der Waals surface area contributed by atoms with Gasteiger partial charge in [0.25, 0.3) is 0 Å². The van der Waals surface area contributed by atoms with E-state index >= 15 is 0 Å². The van der Waals surface area contributed by atoms with E-state index in [2.05, 4.69) is 0 Å². The highest BCUT2D eigenvalue weighted by molar-refractivity contribution is 5.71. The first kappa shape index (κ1) is 30.6. The average molecular weight is 500 g/mol. The first-order chi connectivity index (χ1) is 15.9. The lowest BCUT2D eigenvalue weighted by Crippen LogP contribution is -2.64. The number of aliphatic hydroxyl groups is 7. The number of carbonyl (C=O) groups is 2. The van der Waals surface area contributed by atoms with Crippen LogP contribution in [0.2, 0.25) is 0 Å². The van der Waals surface area contributed by atoms with Crippen molar-refractivity contribution in [1.29, 1.82) is 0 Å². The van der Waals surface area contributed by atoms with E-state index in [1.54, 1.807) is 6.92 Å². The van der Waals surface area contributed by atoms with E-state index in [-0.39, 0.29) is 6.61 Å². The minimum Gasteiger partial charge on any atom is -0.454 e. The van der Waals surface area contributed by atoms with Gasteiger partial charge in [-0.3, -0.25) is 9.59 Å². The topological polar surface area (TPSA) is 222 Å². The number of hydrogen-bond acceptors (Lipinski definition) is 14. The zero-order valence-corrected chi connectivity index (χ0v) is 19.5. The molecule has 2 rings (SSSR count). The SMILES string of the molecule is CC(=O)O[C@H]1[C@@H](O[C@]2(CO)O[C@H](CO)[C@@H](O)[C@@H]2OC(=O)C(C)C)O[C@H](CO)[C@@H](O)[C@@H]1O.CCO. The summed E-state index contributed by atoms with van der Waals surface area (Å²) in [6.07, 6.45) is -12.7. The third kappa shape index (κ3) is 7.04. The highest BCUT2D eigenvalue weighted by Gasteiger charge is 2.61. The van der Waals surface area contributed by atoms with E-state index in [1.807, 2.05) is 0 Å². The summed E-state index contributed by atoms with van der Waals surface area (Å²) in [5.41, 5.74) is 0. The van der Waals surface area contributed by atoms with Gasteiger partial charge in [-0.1, -0.05) is 13.8 Å². The van der Waals surface area contributed by atoms with Crippen LogP contribution in [0.4, 0.5) is 0 Å². The zero-order valence-electron chi connectivity index (χ0n) is 19.5. The molecule has 2 fully saturated rings. The van der Waals surface area contributed by atoms with Crippen LogP contribution in [0.15, 0.2) is 0 Å². The second-order valence-electron chi connectivity index (χ2n) is 8.03. The molecule has 34 heavy (non-hydrogen) atoms. The van der Waals surface area contributed by atoms with Crippen molar-refractivity contribution in [3.8, 4) is 0 Å². The Kier molecular flexibility index (Phi) is 12.2. The van der Waals surface area contributed by atoms with E-state index in [9.17, 15) is 40.2 Å². The molecule has 7 N–H and O–H groups in total. The lowest BCUT2D eigenvalue weighted by atomic mass is 9.98. The van der Waals surface area contributed by atoms with Crippen LogP contribution in [-0.2, 0) is 33.3 Å². The van der Waals surface area contributed by atoms with Gasteiger partial charge >= 0.3 is 11.9 Å². The van der Waals surface area contributed by atoms with Crippen LogP contribution >= 0.6 is 0 Å². The third-order valence-corrected chi connectivity index (χ3v) is 5.03. The van der Waals surface area contributed by atoms with Crippen LogP contribution in [0.5, 0.6) is 0 Å². The second-order valence-corrected chi connectivity index (χ2v) is 8.03. The van der Waals surface area contributed by atoms with Crippen molar-refractivity contribution in [1.82, 2.24) is 0 Å². The molecule has 0 unspecified atom stereocenters. The molecule has 2 heterocycles. The number of esters is 2. The minimum absolute atomic E-state index is 0.250. The van der Waals surface area contributed by atoms with Crippen molar-refractivity contribution >= 4 is 11.9 Å². The standard InChI is InChI=1S/C18H30O13.C2H6O/c1-7(2)16(26)29-15-12(24)10(5-20)30-18(15,6-21)31-17-14(27-8(3)22)13(25)11(23)9(4-19)28-17;1-2-3/h7,9-15,17,19-21,23-25H,4-6H2,1-3H3;3H,2H2,1H3/t9-,10-,11-,12-,13+,14-,15+,17-,18+;/m1./s1. The summed E-state index contributed by atoms with van der Waals surface area (Å²) >= 11 is 0. The second kappa shape index (κ2) is 13.6. The fraction of sp³-hybridized carbons (Fsp3) is 0.900. The van der Waals surface area contributed by atoms with Crippen LogP contribution < -0.4 is 0 Å². The lowest BCUT2D eigenvalue weighted by molar-refractivity contribution is -0.384. The quantitative estimate of drug-likeness (QED) is 0.160. The van der Waals surface area contributed by atoms with Crippen LogP contribution in [0.3, 0.4) is 0 Å². The van der Waals surface area contributed by atoms with Crippen molar-refractivity contribution in [3.05, 3.63) is 0 Å². The largest absolute Gasteiger partial charge is 0.454 e. The zero-order chi connectivity index (χ0) is 26.2. The van der Waals surface area contributed by atoms with Crippen molar-refractivity contribution in [2.75, 3.05) is 26.4 Å². The fourth-order valence-electron chi connectivity index (χ4n) is 3.34. The molecule has 0 aromatic rings. The first-order valence-electron chi connectivity index (χ1n) is 10.8. The van der Waals surface area contributed by atoms with Gasteiger partial charge in [0.1, 0.15) is 37.1 Å². The maximum absolute atomic E-state index is 12.1. The molecule has 0 saturated carbocycles. The summed E-state index contributed by atoms with van der Waals surface area (Å²) in [5.74, 6) is -4.54. The van der Waals surface area contributed by atoms with Crippen LogP contribution in [-0.4, -0.2) is 129 Å². The van der Waals surface area contributed by atoms with Gasteiger partial charge in [-0.05, 0) is 6.92 Å². The van der Waals surface area contributed by atoms with Gasteiger partial charge < -0.3 is 59.4 Å². The Balaban J connectivity index is 0.00000182. The normalized spacial score (nSPS) is 37.6. The number of rotatable bonds is 8. The van der Waals surface area contributed by atoms with E-state index < -0.39 is 92.5 Å². The molecule has 0 aromatic heterocycles. The average Bonchev–Trinajstić information content (AvgIpc) is 3.04. The molecular weight excluding hydrogens is 464 g/mol. The van der Waals surface area contributed by atoms with E-state index in [0.29, 0.717) is 0 Å². The maximum Gasteiger partial charge on any atom is 0.308 e. The molecule has 0 bridgehead atoms. The van der Waals surface area contributed by atoms with E-state index in [0.717, 1.165) is 6.92 Å². The number of hydrogen-bond donors (Lipinski definition) is 7. The minimum atomic E-state index is -2.29. The van der Waals surface area contributed by atoms with Gasteiger partial charge in [-0.15, -0.1) is 0 Å². The predicted octanol–water partition coefficient (Wildman–Crippen LogP) is -3.62. The number of ether oxygens (including phenoxy) is 5. The molecule has 0 amide bonds. The van der Waals surface area contributed by atoms with Crippen LogP contribution in [0.1, 0.15) is 27.7 Å². The maximum atomic E-state index is 12.1. The molecule has 2 aliphatic rings. The fourth-order valence-corrected chi connectivity index (χ4v) is 3.34. The monoisotopic (exact) mass is 500 g/mol. The molecule has 14 nitrogen and oxygen atoms in total. The highest BCUT2D eigenvalue weighted by atomic mass is 16.8. The molecular formula is C20H36O14. The first-order valence-corrected chi connectivity index (χ1v) is 10.8. The van der Waals surface area contributed by atoms with Gasteiger partial charge in [0.2, 0.25) is 12.1 Å². The Bertz CT molecular complexity index is 645. The Morgan fingerprint density at radius 3 is 1.94 bits per heavy atom. The summed E-state index contributed by atoms with van der Waals surface area (Å²) in [5, 5.41) is 67.4. The molecule has 2 aliphatic heterocycles. The number of carbonyl (C=O) groups excluding carboxylic acids is 2. The molecule has 0 aliphatic carbocycles. The Hall–Kier alpha value is -1.46. The Labute approximate surface area is 196 Å². The van der Waals surface area contributed by atoms with Gasteiger partial charge in [-0.2, -0.15) is 0 Å². The lowest BCUT2D eigenvalue weighted by Gasteiger charge is -2.44. The Morgan fingerprint density at radius 1 is 0.941 bits per heavy atom. The van der Waals surface area contributed by atoms with E-state index in [4.69, 9.17) is 28.8 Å². The van der Waals surface area contributed by atoms with Gasteiger partial charge in [0, 0.05) is 13.5 Å². The summed E-state index contributed by atoms with van der Waals surface area (Å²) < 4.78 is 26.7.